The number of amides is 2. The molecule has 1 aromatic rings. The normalized spacial score (nSPS) is 12.5. The lowest BCUT2D eigenvalue weighted by Crippen LogP contribution is -2.34. The quantitative estimate of drug-likeness (QED) is 0.514. The van der Waals surface area contributed by atoms with Crippen molar-refractivity contribution in [1.82, 2.24) is 5.32 Å². The highest BCUT2D eigenvalue weighted by molar-refractivity contribution is 6.01. The lowest BCUT2D eigenvalue weighted by molar-refractivity contribution is -0.146. The minimum atomic E-state index is -0.978. The molecule has 0 radical (unpaired) electrons. The van der Waals surface area contributed by atoms with Crippen molar-refractivity contribution in [3.05, 3.63) is 29.8 Å². The number of alkyl carbamates (subject to hydrolysis) is 1. The van der Waals surface area contributed by atoms with Gasteiger partial charge in [-0.05, 0) is 52.0 Å². The van der Waals surface area contributed by atoms with E-state index in [4.69, 9.17) is 9.47 Å². The van der Waals surface area contributed by atoms with Gasteiger partial charge in [-0.15, -0.1) is 0 Å². The Morgan fingerprint density at radius 1 is 0.967 bits per heavy atom. The number of Topliss-reactive ketones (excluding diaryl/α,β-unsaturated/α-hetero) is 1. The summed E-state index contributed by atoms with van der Waals surface area (Å²) in [5.41, 5.74) is -0.230. The summed E-state index contributed by atoms with van der Waals surface area (Å²) >= 11 is 0. The van der Waals surface area contributed by atoms with E-state index in [2.05, 4.69) is 10.6 Å². The number of carbonyl (C=O) groups is 4. The van der Waals surface area contributed by atoms with Crippen LogP contribution in [0.3, 0.4) is 0 Å². The first kappa shape index (κ1) is 25.1. The average Bonchev–Trinajstić information content (AvgIpc) is 2.59. The highest BCUT2D eigenvalue weighted by Crippen LogP contribution is 2.18. The van der Waals surface area contributed by atoms with E-state index in [9.17, 15) is 19.2 Å². The number of ether oxygens (including phenoxy) is 2. The summed E-state index contributed by atoms with van der Waals surface area (Å²) in [6.07, 6.45) is -1.69. The molecule has 0 fully saturated rings. The first-order chi connectivity index (χ1) is 13.7. The summed E-state index contributed by atoms with van der Waals surface area (Å²) in [6, 6.07) is 6.37. The number of anilines is 1. The zero-order chi connectivity index (χ0) is 23.1. The Labute approximate surface area is 177 Å². The van der Waals surface area contributed by atoms with Crippen molar-refractivity contribution >= 4 is 29.4 Å². The third kappa shape index (κ3) is 9.07. The summed E-state index contributed by atoms with van der Waals surface area (Å²) in [5, 5.41) is 5.23. The second kappa shape index (κ2) is 10.2. The molecular formula is C22H32N2O6. The molecule has 0 unspecified atom stereocenters. The van der Waals surface area contributed by atoms with Crippen molar-refractivity contribution in [1.29, 1.82) is 0 Å². The van der Waals surface area contributed by atoms with Crippen molar-refractivity contribution in [2.24, 2.45) is 5.41 Å². The molecule has 0 heterocycles. The summed E-state index contributed by atoms with van der Waals surface area (Å²) in [5.74, 6) is -1.11. The van der Waals surface area contributed by atoms with Gasteiger partial charge in [-0.3, -0.25) is 14.4 Å². The number of esters is 1. The monoisotopic (exact) mass is 420 g/mol. The number of hydrogen-bond donors (Lipinski definition) is 2. The van der Waals surface area contributed by atoms with Gasteiger partial charge in [-0.2, -0.15) is 0 Å². The van der Waals surface area contributed by atoms with Crippen LogP contribution < -0.4 is 10.6 Å². The molecule has 8 nitrogen and oxygen atoms in total. The molecule has 0 bridgehead atoms. The molecule has 0 aliphatic heterocycles. The predicted molar refractivity (Wildman–Crippen MR) is 113 cm³/mol. The van der Waals surface area contributed by atoms with Crippen LogP contribution in [0.2, 0.25) is 0 Å². The molecule has 30 heavy (non-hydrogen) atoms. The van der Waals surface area contributed by atoms with Gasteiger partial charge in [0.15, 0.2) is 6.10 Å². The predicted octanol–water partition coefficient (Wildman–Crippen LogP) is 3.70. The molecule has 0 saturated carbocycles. The Kier molecular flexibility index (Phi) is 8.57. The number of carbonyl (C=O) groups excluding carboxylic acids is 4. The van der Waals surface area contributed by atoms with Crippen molar-refractivity contribution in [2.45, 2.75) is 66.6 Å². The number of ketones is 1. The second-order valence-electron chi connectivity index (χ2n) is 8.96. The third-order valence-corrected chi connectivity index (χ3v) is 3.78. The molecule has 2 N–H and O–H groups in total. The van der Waals surface area contributed by atoms with Gasteiger partial charge < -0.3 is 20.1 Å². The van der Waals surface area contributed by atoms with Gasteiger partial charge in [0.05, 0.1) is 6.42 Å². The maximum Gasteiger partial charge on any atom is 0.407 e. The Hall–Kier alpha value is -2.90. The Bertz CT molecular complexity index is 772. The number of hydrogen-bond acceptors (Lipinski definition) is 6. The highest BCUT2D eigenvalue weighted by Gasteiger charge is 2.22. The molecule has 166 valence electrons. The highest BCUT2D eigenvalue weighted by atomic mass is 16.6. The molecule has 0 aliphatic rings. The standard InChI is InChI=1S/C22H32N2O6/c1-14(29-17(25)12-13-23-20(28)30-22(5,6)7)18(26)15-8-10-16(11-9-15)24-19(27)21(2,3)4/h8-11,14H,12-13H2,1-7H3,(H,23,28)(H,24,27)/t14-/m1/s1. The van der Waals surface area contributed by atoms with E-state index < -0.39 is 29.2 Å². The van der Waals surface area contributed by atoms with Gasteiger partial charge in [0.25, 0.3) is 0 Å². The van der Waals surface area contributed by atoms with E-state index in [-0.39, 0.29) is 24.7 Å². The third-order valence-electron chi connectivity index (χ3n) is 3.78. The van der Waals surface area contributed by atoms with E-state index in [0.29, 0.717) is 11.3 Å². The van der Waals surface area contributed by atoms with Crippen LogP contribution in [0.15, 0.2) is 24.3 Å². The second-order valence-corrected chi connectivity index (χ2v) is 8.96. The van der Waals surface area contributed by atoms with Gasteiger partial charge in [-0.1, -0.05) is 20.8 Å². The fourth-order valence-corrected chi connectivity index (χ4v) is 2.16. The first-order valence-corrected chi connectivity index (χ1v) is 9.81. The van der Waals surface area contributed by atoms with Crippen molar-refractivity contribution in [3.63, 3.8) is 0 Å². The van der Waals surface area contributed by atoms with E-state index in [0.717, 1.165) is 0 Å². The molecule has 0 spiro atoms. The average molecular weight is 421 g/mol. The topological polar surface area (TPSA) is 111 Å². The SMILES string of the molecule is C[C@@H](OC(=O)CCNC(=O)OC(C)(C)C)C(=O)c1ccc(NC(=O)C(C)(C)C)cc1. The Morgan fingerprint density at radius 3 is 2.03 bits per heavy atom. The lowest BCUT2D eigenvalue weighted by Gasteiger charge is -2.19. The zero-order valence-electron chi connectivity index (χ0n) is 18.8. The number of nitrogens with one attached hydrogen (secondary N) is 2. The van der Waals surface area contributed by atoms with Gasteiger partial charge in [0, 0.05) is 23.2 Å². The van der Waals surface area contributed by atoms with Gasteiger partial charge in [-0.25, -0.2) is 4.79 Å². The molecule has 2 amide bonds. The molecule has 0 aromatic heterocycles. The van der Waals surface area contributed by atoms with E-state index in [1.54, 1.807) is 65.8 Å². The maximum atomic E-state index is 12.5. The largest absolute Gasteiger partial charge is 0.454 e. The molecule has 8 heteroatoms. The smallest absolute Gasteiger partial charge is 0.407 e. The molecular weight excluding hydrogens is 388 g/mol. The van der Waals surface area contributed by atoms with Crippen molar-refractivity contribution < 1.29 is 28.7 Å². The fraction of sp³-hybridized carbons (Fsp3) is 0.545. The fourth-order valence-electron chi connectivity index (χ4n) is 2.16. The van der Waals surface area contributed by atoms with Crippen LogP contribution in [-0.2, 0) is 19.1 Å². The molecule has 0 saturated heterocycles. The van der Waals surface area contributed by atoms with Gasteiger partial charge in [0.1, 0.15) is 5.60 Å². The van der Waals surface area contributed by atoms with Crippen molar-refractivity contribution in [2.75, 3.05) is 11.9 Å². The minimum Gasteiger partial charge on any atom is -0.454 e. The van der Waals surface area contributed by atoms with Crippen LogP contribution in [0.1, 0.15) is 65.2 Å². The lowest BCUT2D eigenvalue weighted by atomic mass is 9.95. The minimum absolute atomic E-state index is 0.0385. The number of rotatable bonds is 7. The summed E-state index contributed by atoms with van der Waals surface area (Å²) < 4.78 is 10.2. The summed E-state index contributed by atoms with van der Waals surface area (Å²) in [7, 11) is 0. The van der Waals surface area contributed by atoms with Crippen LogP contribution in [0.25, 0.3) is 0 Å². The maximum absolute atomic E-state index is 12.5. The van der Waals surface area contributed by atoms with Crippen LogP contribution >= 0.6 is 0 Å². The Morgan fingerprint density at radius 2 is 1.53 bits per heavy atom. The molecule has 1 atom stereocenters. The van der Waals surface area contributed by atoms with Crippen LogP contribution in [0.5, 0.6) is 0 Å². The van der Waals surface area contributed by atoms with E-state index >= 15 is 0 Å². The zero-order valence-corrected chi connectivity index (χ0v) is 18.8. The van der Waals surface area contributed by atoms with Crippen LogP contribution in [0, 0.1) is 5.41 Å². The van der Waals surface area contributed by atoms with Crippen molar-refractivity contribution in [3.8, 4) is 0 Å². The van der Waals surface area contributed by atoms with Gasteiger partial charge >= 0.3 is 12.1 Å². The Balaban J connectivity index is 2.51. The van der Waals surface area contributed by atoms with E-state index in [1.165, 1.54) is 6.92 Å². The molecule has 1 aromatic carbocycles. The first-order valence-electron chi connectivity index (χ1n) is 9.81. The van der Waals surface area contributed by atoms with Crippen LogP contribution in [-0.4, -0.2) is 42.0 Å². The number of benzene rings is 1. The molecule has 0 aliphatic carbocycles. The van der Waals surface area contributed by atoms with Crippen LogP contribution in [0.4, 0.5) is 10.5 Å². The van der Waals surface area contributed by atoms with Gasteiger partial charge in [0.2, 0.25) is 11.7 Å². The summed E-state index contributed by atoms with van der Waals surface area (Å²) in [6.45, 7) is 12.1. The van der Waals surface area contributed by atoms with E-state index in [1.807, 2.05) is 0 Å². The molecule has 1 rings (SSSR count). The summed E-state index contributed by atoms with van der Waals surface area (Å²) in [4.78, 5) is 47.9.